The Morgan fingerprint density at radius 2 is 1.62 bits per heavy atom. The topological polar surface area (TPSA) is 58.4 Å². The monoisotopic (exact) mass is 339 g/mol. The number of anilines is 1. The molecule has 5 heteroatoms. The highest BCUT2D eigenvalue weighted by Gasteiger charge is 2.44. The molecule has 0 heterocycles. The first-order valence-electron chi connectivity index (χ1n) is 7.99. The zero-order valence-corrected chi connectivity index (χ0v) is 14.6. The number of nitrogens with one attached hydrogen (secondary N) is 1. The summed E-state index contributed by atoms with van der Waals surface area (Å²) in [7, 11) is 0. The van der Waals surface area contributed by atoms with Crippen LogP contribution in [0.3, 0.4) is 0 Å². The highest BCUT2D eigenvalue weighted by atomic mass is 32.1. The van der Waals surface area contributed by atoms with E-state index in [1.807, 2.05) is 31.2 Å². The summed E-state index contributed by atoms with van der Waals surface area (Å²) in [6.07, 6.45) is 0.855. The van der Waals surface area contributed by atoms with E-state index in [-0.39, 0.29) is 22.9 Å². The summed E-state index contributed by atoms with van der Waals surface area (Å²) in [5.41, 5.74) is 13.0. The van der Waals surface area contributed by atoms with Gasteiger partial charge >= 0.3 is 0 Å². The molecule has 3 N–H and O–H groups in total. The third-order valence-corrected chi connectivity index (χ3v) is 4.55. The van der Waals surface area contributed by atoms with Crippen LogP contribution in [0.2, 0.25) is 0 Å². The van der Waals surface area contributed by atoms with E-state index >= 15 is 0 Å². The molecule has 0 spiro atoms. The number of carbonyl (C=O) groups is 1. The summed E-state index contributed by atoms with van der Waals surface area (Å²) in [6, 6.07) is 16.0. The lowest BCUT2D eigenvalue weighted by Gasteiger charge is -2.23. The van der Waals surface area contributed by atoms with Gasteiger partial charge in [0, 0.05) is 5.92 Å². The first kappa shape index (κ1) is 16.5. The van der Waals surface area contributed by atoms with Crippen molar-refractivity contribution < 1.29 is 4.79 Å². The summed E-state index contributed by atoms with van der Waals surface area (Å²) < 4.78 is 0. The highest BCUT2D eigenvalue weighted by Crippen LogP contribution is 2.47. The van der Waals surface area contributed by atoms with Crippen molar-refractivity contribution in [2.45, 2.75) is 26.2 Å². The van der Waals surface area contributed by atoms with Crippen molar-refractivity contribution in [3.8, 4) is 0 Å². The van der Waals surface area contributed by atoms with Crippen molar-refractivity contribution in [2.24, 2.45) is 11.7 Å². The molecule has 3 rings (SSSR count). The van der Waals surface area contributed by atoms with E-state index in [1.54, 1.807) is 0 Å². The molecule has 1 amide bonds. The first-order chi connectivity index (χ1) is 11.5. The molecular weight excluding hydrogens is 318 g/mol. The fourth-order valence-electron chi connectivity index (χ4n) is 2.80. The molecule has 1 aliphatic carbocycles. The summed E-state index contributed by atoms with van der Waals surface area (Å²) in [6.45, 7) is 4.06. The van der Waals surface area contributed by atoms with Gasteiger partial charge in [-0.05, 0) is 56.1 Å². The lowest BCUT2D eigenvalue weighted by Crippen LogP contribution is -2.49. The second kappa shape index (κ2) is 6.61. The standard InChI is InChI=1S/C19H21N3OS/c1-12-3-7-14(8-4-12)16-11-17(16)18(23)21-22(19(20)24)15-9-5-13(2)6-10-15/h3-10,16-17H,11H2,1-2H3,(H2,20,24)(H,21,23). The Morgan fingerprint density at radius 3 is 2.17 bits per heavy atom. The molecule has 4 nitrogen and oxygen atoms in total. The molecule has 2 atom stereocenters. The van der Waals surface area contributed by atoms with Crippen LogP contribution in [0.4, 0.5) is 5.69 Å². The maximum absolute atomic E-state index is 12.5. The van der Waals surface area contributed by atoms with Crippen LogP contribution < -0.4 is 16.2 Å². The van der Waals surface area contributed by atoms with E-state index in [1.165, 1.54) is 16.1 Å². The molecule has 0 saturated heterocycles. The summed E-state index contributed by atoms with van der Waals surface area (Å²) >= 11 is 5.08. The van der Waals surface area contributed by atoms with Gasteiger partial charge in [0.25, 0.3) is 0 Å². The summed E-state index contributed by atoms with van der Waals surface area (Å²) in [4.78, 5) is 12.5. The number of carbonyl (C=O) groups excluding carboxylic acids is 1. The normalized spacial score (nSPS) is 18.8. The molecule has 0 radical (unpaired) electrons. The zero-order valence-electron chi connectivity index (χ0n) is 13.8. The van der Waals surface area contributed by atoms with E-state index in [0.717, 1.165) is 17.7 Å². The van der Waals surface area contributed by atoms with Crippen LogP contribution in [0.1, 0.15) is 29.0 Å². The Kier molecular flexibility index (Phi) is 4.53. The number of amides is 1. The lowest BCUT2D eigenvalue weighted by molar-refractivity contribution is -0.122. The predicted octanol–water partition coefficient (Wildman–Crippen LogP) is 3.19. The minimum Gasteiger partial charge on any atom is -0.374 e. The van der Waals surface area contributed by atoms with Gasteiger partial charge in [-0.25, -0.2) is 5.01 Å². The van der Waals surface area contributed by atoms with E-state index in [0.29, 0.717) is 0 Å². The van der Waals surface area contributed by atoms with Crippen molar-refractivity contribution >= 4 is 28.9 Å². The lowest BCUT2D eigenvalue weighted by atomic mass is 10.1. The molecule has 1 aliphatic rings. The van der Waals surface area contributed by atoms with Crippen molar-refractivity contribution in [3.05, 3.63) is 65.2 Å². The van der Waals surface area contributed by atoms with Gasteiger partial charge < -0.3 is 5.73 Å². The van der Waals surface area contributed by atoms with Crippen molar-refractivity contribution in [1.29, 1.82) is 0 Å². The molecule has 24 heavy (non-hydrogen) atoms. The third kappa shape index (κ3) is 3.57. The van der Waals surface area contributed by atoms with E-state index < -0.39 is 0 Å². The average molecular weight is 339 g/mol. The van der Waals surface area contributed by atoms with Gasteiger partial charge in [-0.3, -0.25) is 10.2 Å². The largest absolute Gasteiger partial charge is 0.374 e. The van der Waals surface area contributed by atoms with Gasteiger partial charge in [0.1, 0.15) is 0 Å². The number of nitrogens with zero attached hydrogens (tertiary/aromatic N) is 1. The number of aryl methyl sites for hydroxylation is 2. The Morgan fingerprint density at radius 1 is 1.08 bits per heavy atom. The van der Waals surface area contributed by atoms with Crippen LogP contribution in [0.25, 0.3) is 0 Å². The number of nitrogens with two attached hydrogens (primary N) is 1. The van der Waals surface area contributed by atoms with Crippen molar-refractivity contribution in [1.82, 2.24) is 5.43 Å². The predicted molar refractivity (Wildman–Crippen MR) is 101 cm³/mol. The summed E-state index contributed by atoms with van der Waals surface area (Å²) in [5, 5.41) is 1.60. The number of rotatable bonds is 3. The van der Waals surface area contributed by atoms with Gasteiger partial charge in [-0.1, -0.05) is 47.5 Å². The molecule has 2 unspecified atom stereocenters. The van der Waals surface area contributed by atoms with Gasteiger partial charge in [0.05, 0.1) is 5.69 Å². The van der Waals surface area contributed by atoms with Gasteiger partial charge in [0.2, 0.25) is 5.91 Å². The van der Waals surface area contributed by atoms with Crippen molar-refractivity contribution in [3.63, 3.8) is 0 Å². The quantitative estimate of drug-likeness (QED) is 0.666. The van der Waals surface area contributed by atoms with Gasteiger partial charge in [-0.2, -0.15) is 0 Å². The Labute approximate surface area is 147 Å². The maximum Gasteiger partial charge on any atom is 0.242 e. The molecular formula is C19H21N3OS. The number of benzene rings is 2. The second-order valence-corrected chi connectivity index (χ2v) is 6.76. The van der Waals surface area contributed by atoms with Crippen LogP contribution in [0.5, 0.6) is 0 Å². The molecule has 1 saturated carbocycles. The molecule has 2 aromatic carbocycles. The van der Waals surface area contributed by atoms with Crippen LogP contribution >= 0.6 is 12.2 Å². The maximum atomic E-state index is 12.5. The van der Waals surface area contributed by atoms with Crippen molar-refractivity contribution in [2.75, 3.05) is 5.01 Å². The average Bonchev–Trinajstić information content (AvgIpc) is 3.34. The minimum atomic E-state index is -0.0473. The van der Waals surface area contributed by atoms with Crippen LogP contribution in [-0.4, -0.2) is 11.0 Å². The zero-order chi connectivity index (χ0) is 17.3. The molecule has 124 valence electrons. The van der Waals surface area contributed by atoms with E-state index in [9.17, 15) is 4.79 Å². The molecule has 0 aliphatic heterocycles. The SMILES string of the molecule is Cc1ccc(C2CC2C(=O)NN(C(N)=S)c2ccc(C)cc2)cc1. The molecule has 0 aromatic heterocycles. The fraction of sp³-hybridized carbons (Fsp3) is 0.263. The Hall–Kier alpha value is -2.40. The van der Waals surface area contributed by atoms with Crippen LogP contribution in [-0.2, 0) is 4.79 Å². The van der Waals surface area contributed by atoms with E-state index in [4.69, 9.17) is 18.0 Å². The first-order valence-corrected chi connectivity index (χ1v) is 8.40. The number of thiocarbonyl (C=S) groups is 1. The van der Waals surface area contributed by atoms with Gasteiger partial charge in [0.15, 0.2) is 5.11 Å². The van der Waals surface area contributed by atoms with Gasteiger partial charge in [-0.15, -0.1) is 0 Å². The fourth-order valence-corrected chi connectivity index (χ4v) is 2.95. The highest BCUT2D eigenvalue weighted by molar-refractivity contribution is 7.80. The number of hydrogen-bond acceptors (Lipinski definition) is 2. The van der Waals surface area contributed by atoms with E-state index in [2.05, 4.69) is 36.6 Å². The Balaban J connectivity index is 1.68. The minimum absolute atomic E-state index is 0.0324. The molecule has 1 fully saturated rings. The van der Waals surface area contributed by atoms with Crippen LogP contribution in [0.15, 0.2) is 48.5 Å². The smallest absolute Gasteiger partial charge is 0.242 e. The second-order valence-electron chi connectivity index (χ2n) is 6.34. The molecule has 0 bridgehead atoms. The van der Waals surface area contributed by atoms with Crippen LogP contribution in [0, 0.1) is 19.8 Å². The summed E-state index contributed by atoms with van der Waals surface area (Å²) in [5.74, 6) is 0.195. The molecule has 2 aromatic rings. The third-order valence-electron chi connectivity index (χ3n) is 4.37. The number of hydrogen-bond donors (Lipinski definition) is 2. The number of hydrazine groups is 1. The Bertz CT molecular complexity index is 755.